The van der Waals surface area contributed by atoms with E-state index in [4.69, 9.17) is 11.6 Å². The number of sulfonamides is 1. The van der Waals surface area contributed by atoms with Crippen molar-refractivity contribution in [2.75, 3.05) is 10.8 Å². The van der Waals surface area contributed by atoms with Crippen LogP contribution in [0.5, 0.6) is 0 Å². The molecule has 3 aromatic rings. The van der Waals surface area contributed by atoms with Crippen molar-refractivity contribution in [1.29, 1.82) is 0 Å². The molecule has 0 radical (unpaired) electrons. The Morgan fingerprint density at radius 2 is 1.81 bits per heavy atom. The minimum atomic E-state index is -4.02. The van der Waals surface area contributed by atoms with Gasteiger partial charge in [0.2, 0.25) is 0 Å². The SMILES string of the molecule is Cc1ccc(S(=O)(=O)N(CC(=O)N/N=C\c2cccc(Br)c2)c2ccc(C)c(Cl)c2)cc1. The maximum absolute atomic E-state index is 13.4. The number of nitrogens with zero attached hydrogens (tertiary/aromatic N) is 2. The summed E-state index contributed by atoms with van der Waals surface area (Å²) in [4.78, 5) is 12.7. The molecule has 3 aromatic carbocycles. The number of benzene rings is 3. The third-order valence-corrected chi connectivity index (χ3v) is 7.28. The predicted molar refractivity (Wildman–Crippen MR) is 132 cm³/mol. The van der Waals surface area contributed by atoms with Gasteiger partial charge in [0.05, 0.1) is 16.8 Å². The standard InChI is InChI=1S/C23H21BrClN3O3S/c1-16-6-10-21(11-7-16)32(30,31)28(20-9-8-17(2)22(25)13-20)15-23(29)27-26-14-18-4-3-5-19(24)12-18/h3-14H,15H2,1-2H3,(H,27,29)/b26-14-. The van der Waals surface area contributed by atoms with Crippen molar-refractivity contribution in [3.63, 3.8) is 0 Å². The highest BCUT2D eigenvalue weighted by Gasteiger charge is 2.27. The average molecular weight is 535 g/mol. The zero-order valence-electron chi connectivity index (χ0n) is 17.4. The predicted octanol–water partition coefficient (Wildman–Crippen LogP) is 5.06. The molecule has 166 valence electrons. The summed E-state index contributed by atoms with van der Waals surface area (Å²) in [6.45, 7) is 3.21. The zero-order chi connectivity index (χ0) is 23.3. The van der Waals surface area contributed by atoms with E-state index in [0.29, 0.717) is 5.02 Å². The smallest absolute Gasteiger partial charge is 0.264 e. The van der Waals surface area contributed by atoms with Crippen molar-refractivity contribution in [3.05, 3.63) is 92.9 Å². The Labute approximate surface area is 201 Å². The van der Waals surface area contributed by atoms with E-state index in [1.54, 1.807) is 24.3 Å². The number of amides is 1. The molecular weight excluding hydrogens is 514 g/mol. The van der Waals surface area contributed by atoms with Crippen molar-refractivity contribution in [2.45, 2.75) is 18.7 Å². The van der Waals surface area contributed by atoms with Gasteiger partial charge in [0.25, 0.3) is 15.9 Å². The lowest BCUT2D eigenvalue weighted by Crippen LogP contribution is -2.39. The van der Waals surface area contributed by atoms with Crippen LogP contribution in [0.25, 0.3) is 0 Å². The summed E-state index contributed by atoms with van der Waals surface area (Å²) in [6.07, 6.45) is 1.48. The molecule has 0 saturated heterocycles. The van der Waals surface area contributed by atoms with Gasteiger partial charge in [-0.3, -0.25) is 9.10 Å². The molecule has 1 amide bonds. The van der Waals surface area contributed by atoms with Crippen molar-refractivity contribution in [2.24, 2.45) is 5.10 Å². The van der Waals surface area contributed by atoms with Crippen LogP contribution in [0.4, 0.5) is 5.69 Å². The molecule has 0 spiro atoms. The van der Waals surface area contributed by atoms with Crippen LogP contribution in [0.3, 0.4) is 0 Å². The monoisotopic (exact) mass is 533 g/mol. The van der Waals surface area contributed by atoms with E-state index >= 15 is 0 Å². The molecule has 3 rings (SSSR count). The summed E-state index contributed by atoms with van der Waals surface area (Å²) in [5.41, 5.74) is 5.16. The minimum absolute atomic E-state index is 0.0743. The fourth-order valence-electron chi connectivity index (χ4n) is 2.82. The van der Waals surface area contributed by atoms with Crippen LogP contribution >= 0.6 is 27.5 Å². The van der Waals surface area contributed by atoms with Crippen LogP contribution in [0.1, 0.15) is 16.7 Å². The van der Waals surface area contributed by atoms with E-state index < -0.39 is 22.5 Å². The maximum Gasteiger partial charge on any atom is 0.264 e. The lowest BCUT2D eigenvalue weighted by Gasteiger charge is -2.24. The summed E-state index contributed by atoms with van der Waals surface area (Å²) in [5.74, 6) is -0.594. The van der Waals surface area contributed by atoms with Crippen molar-refractivity contribution >= 4 is 55.4 Å². The van der Waals surface area contributed by atoms with Crippen LogP contribution in [0, 0.1) is 13.8 Å². The normalized spacial score (nSPS) is 11.5. The van der Waals surface area contributed by atoms with Crippen molar-refractivity contribution in [1.82, 2.24) is 5.43 Å². The fraction of sp³-hybridized carbons (Fsp3) is 0.130. The van der Waals surface area contributed by atoms with E-state index in [1.165, 1.54) is 24.4 Å². The summed E-state index contributed by atoms with van der Waals surface area (Å²) in [6, 6.07) is 18.6. The maximum atomic E-state index is 13.4. The molecule has 6 nitrogen and oxygen atoms in total. The highest BCUT2D eigenvalue weighted by molar-refractivity contribution is 9.10. The highest BCUT2D eigenvalue weighted by Crippen LogP contribution is 2.28. The first-order chi connectivity index (χ1) is 15.2. The number of carbonyl (C=O) groups excluding carboxylic acids is 1. The molecule has 0 fully saturated rings. The minimum Gasteiger partial charge on any atom is -0.271 e. The van der Waals surface area contributed by atoms with Gasteiger partial charge in [-0.05, 0) is 61.4 Å². The summed E-state index contributed by atoms with van der Waals surface area (Å²) in [7, 11) is -4.02. The number of aryl methyl sites for hydroxylation is 2. The summed E-state index contributed by atoms with van der Waals surface area (Å²) in [5, 5.41) is 4.34. The number of anilines is 1. The molecule has 0 atom stereocenters. The van der Waals surface area contributed by atoms with Crippen LogP contribution in [0.15, 0.2) is 81.2 Å². The number of hydrazone groups is 1. The Morgan fingerprint density at radius 1 is 1.09 bits per heavy atom. The molecule has 0 aromatic heterocycles. The van der Waals surface area contributed by atoms with E-state index in [1.807, 2.05) is 38.1 Å². The number of hydrogen-bond donors (Lipinski definition) is 1. The largest absolute Gasteiger partial charge is 0.271 e. The Balaban J connectivity index is 1.87. The Bertz CT molecular complexity index is 1260. The Hall–Kier alpha value is -2.68. The van der Waals surface area contributed by atoms with E-state index in [0.717, 1.165) is 25.5 Å². The fourth-order valence-corrected chi connectivity index (χ4v) is 4.83. The lowest BCUT2D eigenvalue weighted by atomic mass is 10.2. The van der Waals surface area contributed by atoms with Crippen molar-refractivity contribution in [3.8, 4) is 0 Å². The zero-order valence-corrected chi connectivity index (χ0v) is 20.6. The first-order valence-electron chi connectivity index (χ1n) is 9.60. The van der Waals surface area contributed by atoms with E-state index in [-0.39, 0.29) is 10.6 Å². The Kier molecular flexibility index (Phi) is 7.71. The molecule has 0 saturated carbocycles. The van der Waals surface area contributed by atoms with Crippen LogP contribution in [-0.4, -0.2) is 27.1 Å². The average Bonchev–Trinajstić information content (AvgIpc) is 2.74. The lowest BCUT2D eigenvalue weighted by molar-refractivity contribution is -0.119. The molecule has 0 unspecified atom stereocenters. The Morgan fingerprint density at radius 3 is 2.47 bits per heavy atom. The van der Waals surface area contributed by atoms with Gasteiger partial charge in [-0.15, -0.1) is 0 Å². The second-order valence-corrected chi connectivity index (χ2v) is 10.3. The van der Waals surface area contributed by atoms with Crippen LogP contribution < -0.4 is 9.73 Å². The third kappa shape index (κ3) is 5.97. The van der Waals surface area contributed by atoms with Crippen LogP contribution in [0.2, 0.25) is 5.02 Å². The molecule has 0 aliphatic heterocycles. The van der Waals surface area contributed by atoms with Gasteiger partial charge in [0, 0.05) is 9.50 Å². The molecular formula is C23H21BrClN3O3S. The molecule has 32 heavy (non-hydrogen) atoms. The van der Waals surface area contributed by atoms with Gasteiger partial charge in [-0.1, -0.05) is 63.4 Å². The summed E-state index contributed by atoms with van der Waals surface area (Å²) >= 11 is 9.59. The van der Waals surface area contributed by atoms with E-state index in [2.05, 4.69) is 26.5 Å². The third-order valence-electron chi connectivity index (χ3n) is 4.59. The van der Waals surface area contributed by atoms with Crippen molar-refractivity contribution < 1.29 is 13.2 Å². The number of rotatable bonds is 7. The number of hydrogen-bond acceptors (Lipinski definition) is 4. The van der Waals surface area contributed by atoms with Gasteiger partial charge in [-0.25, -0.2) is 13.8 Å². The molecule has 1 N–H and O–H groups in total. The highest BCUT2D eigenvalue weighted by atomic mass is 79.9. The second-order valence-electron chi connectivity index (χ2n) is 7.11. The first kappa shape index (κ1) is 24.0. The molecule has 0 aliphatic rings. The van der Waals surface area contributed by atoms with Crippen LogP contribution in [-0.2, 0) is 14.8 Å². The van der Waals surface area contributed by atoms with Gasteiger partial charge in [0.1, 0.15) is 6.54 Å². The van der Waals surface area contributed by atoms with Gasteiger partial charge in [-0.2, -0.15) is 5.10 Å². The number of halogens is 2. The van der Waals surface area contributed by atoms with Gasteiger partial charge < -0.3 is 0 Å². The number of carbonyl (C=O) groups is 1. The molecule has 0 heterocycles. The molecule has 0 aliphatic carbocycles. The quantitative estimate of drug-likeness (QED) is 0.340. The van der Waals surface area contributed by atoms with Gasteiger partial charge >= 0.3 is 0 Å². The van der Waals surface area contributed by atoms with E-state index in [9.17, 15) is 13.2 Å². The molecule has 0 bridgehead atoms. The topological polar surface area (TPSA) is 78.8 Å². The van der Waals surface area contributed by atoms with Gasteiger partial charge in [0.15, 0.2) is 0 Å². The number of nitrogens with one attached hydrogen (secondary N) is 1. The second kappa shape index (κ2) is 10.3. The molecule has 9 heteroatoms. The first-order valence-corrected chi connectivity index (χ1v) is 12.2. The summed E-state index contributed by atoms with van der Waals surface area (Å²) < 4.78 is 28.6.